The highest BCUT2D eigenvalue weighted by Gasteiger charge is 2.28. The van der Waals surface area contributed by atoms with Crippen LogP contribution in [0.2, 0.25) is 5.02 Å². The Labute approximate surface area is 163 Å². The van der Waals surface area contributed by atoms with E-state index in [1.54, 1.807) is 13.0 Å². The van der Waals surface area contributed by atoms with E-state index in [0.29, 0.717) is 47.6 Å². The molecule has 6 nitrogen and oxygen atoms in total. The average molecular weight is 384 g/mol. The maximum atomic E-state index is 7.95. The molecule has 0 bridgehead atoms. The van der Waals surface area contributed by atoms with Crippen LogP contribution in [0, 0.1) is 5.41 Å². The van der Waals surface area contributed by atoms with E-state index in [1.807, 2.05) is 36.4 Å². The second-order valence-electron chi connectivity index (χ2n) is 6.33. The maximum Gasteiger partial charge on any atom is 0.159 e. The topological polar surface area (TPSA) is 87.1 Å². The molecule has 0 amide bonds. The van der Waals surface area contributed by atoms with Gasteiger partial charge in [0.05, 0.1) is 19.3 Å². The number of anilines is 1. The lowest BCUT2D eigenvalue weighted by molar-refractivity contribution is 0.0260. The van der Waals surface area contributed by atoms with E-state index in [0.717, 1.165) is 11.1 Å². The van der Waals surface area contributed by atoms with Crippen LogP contribution in [0.15, 0.2) is 52.7 Å². The molecule has 1 aliphatic rings. The highest BCUT2D eigenvalue weighted by atomic mass is 35.5. The lowest BCUT2D eigenvalue weighted by Gasteiger charge is -2.38. The number of ether oxygens (including phenoxy) is 1. The van der Waals surface area contributed by atoms with Gasteiger partial charge in [-0.2, -0.15) is 5.10 Å². The molecule has 1 aliphatic heterocycles. The number of nitrogens with zero attached hydrogens (tertiary/aromatic N) is 3. The van der Waals surface area contributed by atoms with Crippen LogP contribution in [0.3, 0.4) is 0 Å². The van der Waals surface area contributed by atoms with Gasteiger partial charge in [-0.15, -0.1) is 5.10 Å². The van der Waals surface area contributed by atoms with Crippen LogP contribution >= 0.6 is 11.6 Å². The molecular formula is C20H22ClN5O. The van der Waals surface area contributed by atoms with Crippen LogP contribution in [0.25, 0.3) is 0 Å². The standard InChI is InChI=1S/C20H22ClN5O/c1-13(22)17-11-15(5-8-18(17)23)20(25-24-2)26-9-10-27-12-19(26)14-3-6-16(21)7-4-14/h3-8,11,19,22H,2,9-10,12,23H2,1H3/b22-13?,25-20-. The van der Waals surface area contributed by atoms with E-state index in [-0.39, 0.29) is 6.04 Å². The second-order valence-corrected chi connectivity index (χ2v) is 6.76. The minimum Gasteiger partial charge on any atom is -0.398 e. The quantitative estimate of drug-likeness (QED) is 0.365. The summed E-state index contributed by atoms with van der Waals surface area (Å²) < 4.78 is 5.71. The van der Waals surface area contributed by atoms with E-state index in [9.17, 15) is 0 Å². The van der Waals surface area contributed by atoms with E-state index < -0.39 is 0 Å². The predicted molar refractivity (Wildman–Crippen MR) is 111 cm³/mol. The highest BCUT2D eigenvalue weighted by Crippen LogP contribution is 2.28. The van der Waals surface area contributed by atoms with Crippen molar-refractivity contribution in [1.29, 1.82) is 5.41 Å². The maximum absolute atomic E-state index is 7.95. The molecule has 140 valence electrons. The van der Waals surface area contributed by atoms with E-state index >= 15 is 0 Å². The molecule has 27 heavy (non-hydrogen) atoms. The summed E-state index contributed by atoms with van der Waals surface area (Å²) in [6, 6.07) is 13.2. The Kier molecular flexibility index (Phi) is 5.88. The van der Waals surface area contributed by atoms with Crippen molar-refractivity contribution in [3.63, 3.8) is 0 Å². The third-order valence-electron chi connectivity index (χ3n) is 4.54. The Balaban J connectivity index is 2.03. The van der Waals surface area contributed by atoms with Crippen molar-refractivity contribution in [2.24, 2.45) is 10.2 Å². The number of hydrogen-bond acceptors (Lipinski definition) is 5. The van der Waals surface area contributed by atoms with Gasteiger partial charge in [0.2, 0.25) is 0 Å². The Morgan fingerprint density at radius 1 is 1.30 bits per heavy atom. The van der Waals surface area contributed by atoms with Gasteiger partial charge < -0.3 is 20.8 Å². The first kappa shape index (κ1) is 19.1. The first-order valence-electron chi connectivity index (χ1n) is 8.60. The zero-order valence-corrected chi connectivity index (χ0v) is 15.9. The van der Waals surface area contributed by atoms with Gasteiger partial charge in [-0.25, -0.2) is 0 Å². The molecule has 0 radical (unpaired) electrons. The van der Waals surface area contributed by atoms with E-state index in [2.05, 4.69) is 21.8 Å². The number of nitrogens with two attached hydrogens (primary N) is 1. The molecule has 1 heterocycles. The van der Waals surface area contributed by atoms with Gasteiger partial charge in [0.1, 0.15) is 0 Å². The SMILES string of the molecule is C=N/N=C(/c1ccc(N)c(C(C)=N)c1)N1CCOCC1c1ccc(Cl)cc1. The Bertz CT molecular complexity index is 878. The highest BCUT2D eigenvalue weighted by molar-refractivity contribution is 6.30. The molecule has 3 rings (SSSR count). The third-order valence-corrected chi connectivity index (χ3v) is 4.79. The first-order valence-corrected chi connectivity index (χ1v) is 8.98. The van der Waals surface area contributed by atoms with Crippen molar-refractivity contribution in [3.05, 3.63) is 64.2 Å². The second kappa shape index (κ2) is 8.33. The molecule has 2 aromatic carbocycles. The lowest BCUT2D eigenvalue weighted by atomic mass is 10.0. The summed E-state index contributed by atoms with van der Waals surface area (Å²) in [5, 5.41) is 16.7. The van der Waals surface area contributed by atoms with Crippen LogP contribution in [0.4, 0.5) is 5.69 Å². The monoisotopic (exact) mass is 383 g/mol. The fraction of sp³-hybridized carbons (Fsp3) is 0.250. The fourth-order valence-corrected chi connectivity index (χ4v) is 3.31. The lowest BCUT2D eigenvalue weighted by Crippen LogP contribution is -2.43. The minimum absolute atomic E-state index is 0.0291. The Hall–Kier alpha value is -2.70. The summed E-state index contributed by atoms with van der Waals surface area (Å²) in [7, 11) is 0. The summed E-state index contributed by atoms with van der Waals surface area (Å²) in [5.74, 6) is 0.677. The van der Waals surface area contributed by atoms with Crippen LogP contribution in [-0.4, -0.2) is 42.9 Å². The summed E-state index contributed by atoms with van der Waals surface area (Å²) in [6.07, 6.45) is 0. The third kappa shape index (κ3) is 4.18. The Morgan fingerprint density at radius 3 is 2.70 bits per heavy atom. The number of nitrogens with one attached hydrogen (secondary N) is 1. The summed E-state index contributed by atoms with van der Waals surface area (Å²) in [4.78, 5) is 2.15. The fourth-order valence-electron chi connectivity index (χ4n) is 3.19. The molecule has 1 atom stereocenters. The van der Waals surface area contributed by atoms with E-state index in [1.165, 1.54) is 0 Å². The van der Waals surface area contributed by atoms with Gasteiger partial charge in [0.15, 0.2) is 5.84 Å². The number of amidine groups is 1. The van der Waals surface area contributed by atoms with Gasteiger partial charge in [-0.3, -0.25) is 0 Å². The van der Waals surface area contributed by atoms with Crippen molar-refractivity contribution in [2.75, 3.05) is 25.5 Å². The van der Waals surface area contributed by atoms with Gasteiger partial charge in [0, 0.05) is 40.8 Å². The molecule has 0 saturated carbocycles. The molecule has 0 aliphatic carbocycles. The number of rotatable bonds is 4. The van der Waals surface area contributed by atoms with Crippen molar-refractivity contribution < 1.29 is 4.74 Å². The normalized spacial score (nSPS) is 17.6. The molecule has 2 aromatic rings. The predicted octanol–water partition coefficient (Wildman–Crippen LogP) is 3.75. The summed E-state index contributed by atoms with van der Waals surface area (Å²) in [6.45, 7) is 7.01. The molecule has 1 unspecified atom stereocenters. The van der Waals surface area contributed by atoms with Crippen LogP contribution in [-0.2, 0) is 4.74 Å². The van der Waals surface area contributed by atoms with Crippen LogP contribution in [0.1, 0.15) is 29.7 Å². The van der Waals surface area contributed by atoms with Gasteiger partial charge >= 0.3 is 0 Å². The molecule has 1 fully saturated rings. The van der Waals surface area contributed by atoms with Crippen LogP contribution in [0.5, 0.6) is 0 Å². The number of morpholine rings is 1. The van der Waals surface area contributed by atoms with Gasteiger partial charge in [0.25, 0.3) is 0 Å². The van der Waals surface area contributed by atoms with Crippen molar-refractivity contribution >= 4 is 35.6 Å². The van der Waals surface area contributed by atoms with Crippen molar-refractivity contribution in [2.45, 2.75) is 13.0 Å². The first-order chi connectivity index (χ1) is 13.0. The molecule has 0 spiro atoms. The zero-order valence-electron chi connectivity index (χ0n) is 15.2. The molecule has 0 aromatic heterocycles. The largest absolute Gasteiger partial charge is 0.398 e. The molecular weight excluding hydrogens is 362 g/mol. The van der Waals surface area contributed by atoms with Crippen molar-refractivity contribution in [3.8, 4) is 0 Å². The summed E-state index contributed by atoms with van der Waals surface area (Å²) in [5.41, 5.74) is 9.57. The smallest absolute Gasteiger partial charge is 0.159 e. The Morgan fingerprint density at radius 2 is 2.04 bits per heavy atom. The van der Waals surface area contributed by atoms with Gasteiger partial charge in [-0.05, 0) is 42.8 Å². The van der Waals surface area contributed by atoms with E-state index in [4.69, 9.17) is 27.5 Å². The number of benzene rings is 2. The zero-order chi connectivity index (χ0) is 19.4. The molecule has 3 N–H and O–H groups in total. The number of halogens is 1. The molecule has 7 heteroatoms. The summed E-state index contributed by atoms with van der Waals surface area (Å²) >= 11 is 6.03. The molecule has 1 saturated heterocycles. The van der Waals surface area contributed by atoms with Gasteiger partial charge in [-0.1, -0.05) is 23.7 Å². The van der Waals surface area contributed by atoms with Crippen molar-refractivity contribution in [1.82, 2.24) is 4.90 Å². The minimum atomic E-state index is -0.0291. The number of hydrogen-bond donors (Lipinski definition) is 2. The number of nitrogen functional groups attached to an aromatic ring is 1. The average Bonchev–Trinajstić information content (AvgIpc) is 2.67. The van der Waals surface area contributed by atoms with Crippen LogP contribution < -0.4 is 5.73 Å².